The quantitative estimate of drug-likeness (QED) is 0.810. The van der Waals surface area contributed by atoms with Gasteiger partial charge in [-0.2, -0.15) is 13.2 Å². The smallest absolute Gasteiger partial charge is 0.406 e. The number of hydrogen-bond donors (Lipinski definition) is 0. The first kappa shape index (κ1) is 17.6. The maximum atomic E-state index is 12.2. The number of nitrogens with zero attached hydrogens (tertiary/aromatic N) is 2. The average molecular weight is 340 g/mol. The second-order valence-corrected chi connectivity index (χ2v) is 4.90. The van der Waals surface area contributed by atoms with Crippen LogP contribution in [0, 0.1) is 0 Å². The molecule has 0 atom stereocenters. The van der Waals surface area contributed by atoms with Crippen LogP contribution in [0.25, 0.3) is 0 Å². The first-order chi connectivity index (χ1) is 11.3. The number of carbonyl (C=O) groups excluding carboxylic acids is 1. The molecule has 0 radical (unpaired) electrons. The van der Waals surface area contributed by atoms with Crippen molar-refractivity contribution in [3.63, 3.8) is 0 Å². The van der Waals surface area contributed by atoms with Gasteiger partial charge in [0.1, 0.15) is 18.0 Å². The molecule has 2 rings (SSSR count). The summed E-state index contributed by atoms with van der Waals surface area (Å²) >= 11 is 0. The summed E-state index contributed by atoms with van der Waals surface area (Å²) in [4.78, 5) is 16.1. The molecule has 0 spiro atoms. The lowest BCUT2D eigenvalue weighted by atomic mass is 10.3. The van der Waals surface area contributed by atoms with Crippen LogP contribution in [0.4, 0.5) is 13.2 Å². The van der Waals surface area contributed by atoms with E-state index in [1.54, 1.807) is 48.7 Å². The van der Waals surface area contributed by atoms with Crippen LogP contribution in [0.15, 0.2) is 48.7 Å². The third-order valence-corrected chi connectivity index (χ3v) is 2.89. The number of amides is 1. The van der Waals surface area contributed by atoms with Gasteiger partial charge < -0.3 is 14.4 Å². The Hall–Kier alpha value is -2.77. The summed E-state index contributed by atoms with van der Waals surface area (Å²) < 4.78 is 47.3. The Balaban J connectivity index is 1.84. The number of aromatic nitrogens is 1. The van der Waals surface area contributed by atoms with Crippen molar-refractivity contribution < 1.29 is 27.4 Å². The van der Waals surface area contributed by atoms with E-state index in [0.29, 0.717) is 22.3 Å². The van der Waals surface area contributed by atoms with Gasteiger partial charge in [0, 0.05) is 19.3 Å². The Labute approximate surface area is 136 Å². The van der Waals surface area contributed by atoms with Gasteiger partial charge in [-0.1, -0.05) is 6.07 Å². The average Bonchev–Trinajstić information content (AvgIpc) is 2.53. The minimum atomic E-state index is -4.44. The molecule has 1 amide bonds. The molecule has 0 unspecified atom stereocenters. The Morgan fingerprint density at radius 1 is 1.12 bits per heavy atom. The summed E-state index contributed by atoms with van der Waals surface area (Å²) in [6.07, 6.45) is -2.84. The summed E-state index contributed by atoms with van der Waals surface area (Å²) in [5.41, 5.74) is 0. The molecule has 0 N–H and O–H groups in total. The number of benzene rings is 1. The molecule has 0 bridgehead atoms. The number of alkyl halides is 3. The molecule has 8 heteroatoms. The van der Waals surface area contributed by atoms with Gasteiger partial charge in [-0.25, -0.2) is 4.98 Å². The van der Waals surface area contributed by atoms with Crippen molar-refractivity contribution in [2.24, 2.45) is 0 Å². The van der Waals surface area contributed by atoms with Crippen LogP contribution in [0.3, 0.4) is 0 Å². The SMILES string of the molecule is CN(CC(F)(F)F)C(=O)COc1ccc(Oc2ccccn2)cc1. The van der Waals surface area contributed by atoms with Crippen LogP contribution in [-0.4, -0.2) is 42.2 Å². The molecular formula is C16H15F3N2O3. The maximum Gasteiger partial charge on any atom is 0.406 e. The molecule has 1 aromatic carbocycles. The summed E-state index contributed by atoms with van der Waals surface area (Å²) in [6.45, 7) is -1.79. The van der Waals surface area contributed by atoms with Gasteiger partial charge in [0.2, 0.25) is 5.88 Å². The highest BCUT2D eigenvalue weighted by molar-refractivity contribution is 5.77. The Kier molecular flexibility index (Phi) is 5.62. The Bertz CT molecular complexity index is 661. The minimum Gasteiger partial charge on any atom is -0.484 e. The maximum absolute atomic E-state index is 12.2. The predicted octanol–water partition coefficient (Wildman–Crippen LogP) is 3.27. The molecule has 128 valence electrons. The number of hydrogen-bond acceptors (Lipinski definition) is 4. The summed E-state index contributed by atoms with van der Waals surface area (Å²) in [5, 5.41) is 0. The summed E-state index contributed by atoms with van der Waals surface area (Å²) in [6, 6.07) is 11.5. The van der Waals surface area contributed by atoms with Crippen LogP contribution < -0.4 is 9.47 Å². The molecule has 0 aliphatic rings. The molecular weight excluding hydrogens is 325 g/mol. The van der Waals surface area contributed by atoms with Gasteiger partial charge in [-0.15, -0.1) is 0 Å². The van der Waals surface area contributed by atoms with Gasteiger partial charge in [-0.3, -0.25) is 4.79 Å². The van der Waals surface area contributed by atoms with Crippen molar-refractivity contribution in [3.8, 4) is 17.4 Å². The zero-order valence-corrected chi connectivity index (χ0v) is 12.8. The van der Waals surface area contributed by atoms with E-state index in [1.807, 2.05) is 0 Å². The lowest BCUT2D eigenvalue weighted by Gasteiger charge is -2.19. The van der Waals surface area contributed by atoms with E-state index in [4.69, 9.17) is 9.47 Å². The highest BCUT2D eigenvalue weighted by Crippen LogP contribution is 2.22. The highest BCUT2D eigenvalue weighted by atomic mass is 19.4. The summed E-state index contributed by atoms with van der Waals surface area (Å²) in [5.74, 6) is 0.523. The number of ether oxygens (including phenoxy) is 2. The molecule has 0 saturated carbocycles. The van der Waals surface area contributed by atoms with Gasteiger partial charge in [-0.05, 0) is 30.3 Å². The van der Waals surface area contributed by atoms with Crippen molar-refractivity contribution in [2.45, 2.75) is 6.18 Å². The largest absolute Gasteiger partial charge is 0.484 e. The second kappa shape index (κ2) is 7.67. The molecule has 24 heavy (non-hydrogen) atoms. The predicted molar refractivity (Wildman–Crippen MR) is 79.9 cm³/mol. The number of pyridine rings is 1. The molecule has 0 saturated heterocycles. The minimum absolute atomic E-state index is 0.345. The van der Waals surface area contributed by atoms with Crippen molar-refractivity contribution >= 4 is 5.91 Å². The van der Waals surface area contributed by atoms with E-state index < -0.39 is 25.2 Å². The van der Waals surface area contributed by atoms with Crippen molar-refractivity contribution in [2.75, 3.05) is 20.2 Å². The second-order valence-electron chi connectivity index (χ2n) is 4.90. The normalized spacial score (nSPS) is 11.0. The van der Waals surface area contributed by atoms with Crippen molar-refractivity contribution in [1.29, 1.82) is 0 Å². The van der Waals surface area contributed by atoms with E-state index in [1.165, 1.54) is 0 Å². The molecule has 2 aromatic rings. The topological polar surface area (TPSA) is 51.7 Å². The summed E-state index contributed by atoms with van der Waals surface area (Å²) in [7, 11) is 1.07. The van der Waals surface area contributed by atoms with E-state index >= 15 is 0 Å². The molecule has 1 heterocycles. The fraction of sp³-hybridized carbons (Fsp3) is 0.250. The number of rotatable bonds is 6. The van der Waals surface area contributed by atoms with Gasteiger partial charge >= 0.3 is 6.18 Å². The van der Waals surface area contributed by atoms with Crippen LogP contribution in [0.5, 0.6) is 17.4 Å². The van der Waals surface area contributed by atoms with Crippen LogP contribution >= 0.6 is 0 Å². The van der Waals surface area contributed by atoms with Gasteiger partial charge in [0.25, 0.3) is 5.91 Å². The van der Waals surface area contributed by atoms with Crippen LogP contribution in [0.1, 0.15) is 0 Å². The van der Waals surface area contributed by atoms with Gasteiger partial charge in [0.05, 0.1) is 0 Å². The molecule has 1 aromatic heterocycles. The first-order valence-electron chi connectivity index (χ1n) is 6.96. The number of likely N-dealkylation sites (N-methyl/N-ethyl adjacent to an activating group) is 1. The van der Waals surface area contributed by atoms with Crippen molar-refractivity contribution in [1.82, 2.24) is 9.88 Å². The van der Waals surface area contributed by atoms with E-state index in [0.717, 1.165) is 7.05 Å². The van der Waals surface area contributed by atoms with Crippen LogP contribution in [-0.2, 0) is 4.79 Å². The molecule has 5 nitrogen and oxygen atoms in total. The van der Waals surface area contributed by atoms with Gasteiger partial charge in [0.15, 0.2) is 6.61 Å². The van der Waals surface area contributed by atoms with E-state index in [9.17, 15) is 18.0 Å². The third-order valence-electron chi connectivity index (χ3n) is 2.89. The van der Waals surface area contributed by atoms with E-state index in [-0.39, 0.29) is 0 Å². The van der Waals surface area contributed by atoms with Crippen molar-refractivity contribution in [3.05, 3.63) is 48.7 Å². The van der Waals surface area contributed by atoms with Crippen LogP contribution in [0.2, 0.25) is 0 Å². The monoisotopic (exact) mass is 340 g/mol. The number of halogens is 3. The third kappa shape index (κ3) is 5.79. The lowest BCUT2D eigenvalue weighted by molar-refractivity contribution is -0.159. The first-order valence-corrected chi connectivity index (χ1v) is 6.96. The molecule has 0 aliphatic carbocycles. The fourth-order valence-corrected chi connectivity index (χ4v) is 1.74. The Morgan fingerprint density at radius 3 is 2.38 bits per heavy atom. The number of carbonyl (C=O) groups is 1. The highest BCUT2D eigenvalue weighted by Gasteiger charge is 2.31. The Morgan fingerprint density at radius 2 is 1.79 bits per heavy atom. The van der Waals surface area contributed by atoms with E-state index in [2.05, 4.69) is 4.98 Å². The zero-order chi connectivity index (χ0) is 17.6. The standard InChI is InChI=1S/C16H15F3N2O3/c1-21(11-16(17,18)19)15(22)10-23-12-5-7-13(8-6-12)24-14-4-2-3-9-20-14/h2-9H,10-11H2,1H3. The lowest BCUT2D eigenvalue weighted by Crippen LogP contribution is -2.38. The fourth-order valence-electron chi connectivity index (χ4n) is 1.74. The zero-order valence-electron chi connectivity index (χ0n) is 12.8. The molecule has 0 aliphatic heterocycles. The molecule has 0 fully saturated rings.